The van der Waals surface area contributed by atoms with Crippen molar-refractivity contribution in [3.8, 4) is 11.3 Å². The number of nitrogens with two attached hydrogens (primary N) is 1. The van der Waals surface area contributed by atoms with Gasteiger partial charge in [0.1, 0.15) is 11.6 Å². The fraction of sp³-hybridized carbons (Fsp3) is 0.385. The van der Waals surface area contributed by atoms with E-state index in [4.69, 9.17) is 5.73 Å². The van der Waals surface area contributed by atoms with Crippen molar-refractivity contribution in [3.05, 3.63) is 71.4 Å². The molecule has 1 fully saturated rings. The Bertz CT molecular complexity index is 986. The molecular weight excluding hydrogens is 392 g/mol. The van der Waals surface area contributed by atoms with Gasteiger partial charge < -0.3 is 16.0 Å². The highest BCUT2D eigenvalue weighted by Crippen LogP contribution is 2.45. The second-order valence-electron chi connectivity index (χ2n) is 7.56. The summed E-state index contributed by atoms with van der Waals surface area (Å²) in [5, 5.41) is 3.95. The molecule has 168 valence electrons. The second kappa shape index (κ2) is 11.7. The number of likely N-dealkylation sites (N-methyl/N-ethyl adjacent to an activating group) is 1. The highest BCUT2D eigenvalue weighted by molar-refractivity contribution is 5.92. The van der Waals surface area contributed by atoms with Crippen LogP contribution in [0, 0.1) is 18.6 Å². The van der Waals surface area contributed by atoms with E-state index < -0.39 is 0 Å². The molecular formula is C26H35F2N3. The van der Waals surface area contributed by atoms with E-state index in [-0.39, 0.29) is 11.6 Å². The van der Waals surface area contributed by atoms with Crippen LogP contribution in [0.5, 0.6) is 0 Å². The first-order chi connectivity index (χ1) is 14.9. The standard InChI is InChI=1S/C19H17F2N.C5H12N2.C2H6/c1-11-9-15-17(12-3-2-4-12)18(22-19(15)16(21)10-11)13-5-7-14(20)8-6-13;1-3-7-5(2)4-6;1-2/h5-10,12,22H,2-4H2,1H3;7H,2-4,6H2,1H3;1-2H3. The van der Waals surface area contributed by atoms with Crippen molar-refractivity contribution in [2.24, 2.45) is 5.73 Å². The van der Waals surface area contributed by atoms with E-state index in [1.54, 1.807) is 18.2 Å². The van der Waals surface area contributed by atoms with Crippen LogP contribution in [-0.2, 0) is 0 Å². The molecule has 31 heavy (non-hydrogen) atoms. The minimum atomic E-state index is -0.257. The quantitative estimate of drug-likeness (QED) is 0.420. The Morgan fingerprint density at radius 1 is 1.16 bits per heavy atom. The van der Waals surface area contributed by atoms with Crippen molar-refractivity contribution >= 4 is 10.9 Å². The fourth-order valence-electron chi connectivity index (χ4n) is 3.70. The molecule has 0 bridgehead atoms. The van der Waals surface area contributed by atoms with Gasteiger partial charge >= 0.3 is 0 Å². The van der Waals surface area contributed by atoms with Crippen LogP contribution in [0.15, 0.2) is 48.7 Å². The van der Waals surface area contributed by atoms with E-state index in [2.05, 4.69) is 22.9 Å². The van der Waals surface area contributed by atoms with Crippen LogP contribution < -0.4 is 11.1 Å². The molecule has 1 aliphatic carbocycles. The van der Waals surface area contributed by atoms with E-state index in [0.717, 1.165) is 47.3 Å². The van der Waals surface area contributed by atoms with Crippen molar-refractivity contribution < 1.29 is 8.78 Å². The van der Waals surface area contributed by atoms with Gasteiger partial charge in [-0.3, -0.25) is 0 Å². The number of rotatable bonds is 5. The maximum atomic E-state index is 14.3. The van der Waals surface area contributed by atoms with Crippen LogP contribution in [0.1, 0.15) is 57.1 Å². The van der Waals surface area contributed by atoms with Crippen LogP contribution in [0.4, 0.5) is 8.78 Å². The Labute approximate surface area is 184 Å². The van der Waals surface area contributed by atoms with Crippen molar-refractivity contribution in [3.63, 3.8) is 0 Å². The summed E-state index contributed by atoms with van der Waals surface area (Å²) in [5.74, 6) is -0.00832. The average molecular weight is 428 g/mol. The molecule has 1 heterocycles. The fourth-order valence-corrected chi connectivity index (χ4v) is 3.70. The summed E-state index contributed by atoms with van der Waals surface area (Å²) >= 11 is 0. The summed E-state index contributed by atoms with van der Waals surface area (Å²) in [7, 11) is 0. The number of benzene rings is 2. The van der Waals surface area contributed by atoms with Gasteiger partial charge in [-0.1, -0.05) is 26.8 Å². The van der Waals surface area contributed by atoms with Gasteiger partial charge in [0.2, 0.25) is 0 Å². The molecule has 5 heteroatoms. The van der Waals surface area contributed by atoms with Gasteiger partial charge in [-0.25, -0.2) is 8.78 Å². The van der Waals surface area contributed by atoms with E-state index in [9.17, 15) is 8.78 Å². The zero-order valence-corrected chi connectivity index (χ0v) is 19.1. The molecule has 2 aromatic carbocycles. The lowest BCUT2D eigenvalue weighted by Crippen LogP contribution is -2.18. The molecule has 0 saturated heterocycles. The van der Waals surface area contributed by atoms with Crippen LogP contribution in [0.3, 0.4) is 0 Å². The molecule has 3 nitrogen and oxygen atoms in total. The van der Waals surface area contributed by atoms with Gasteiger partial charge in [0.15, 0.2) is 0 Å². The lowest BCUT2D eigenvalue weighted by atomic mass is 9.78. The van der Waals surface area contributed by atoms with Crippen molar-refractivity contribution in [2.45, 2.75) is 52.9 Å². The van der Waals surface area contributed by atoms with Crippen LogP contribution in [0.25, 0.3) is 22.2 Å². The van der Waals surface area contributed by atoms with Gasteiger partial charge in [0.05, 0.1) is 11.2 Å². The van der Waals surface area contributed by atoms with E-state index in [1.807, 2.05) is 27.7 Å². The van der Waals surface area contributed by atoms with Gasteiger partial charge in [-0.15, -0.1) is 0 Å². The van der Waals surface area contributed by atoms with E-state index >= 15 is 0 Å². The summed E-state index contributed by atoms with van der Waals surface area (Å²) < 4.78 is 27.5. The number of aromatic nitrogens is 1. The second-order valence-corrected chi connectivity index (χ2v) is 7.56. The van der Waals surface area contributed by atoms with E-state index in [1.165, 1.54) is 24.1 Å². The van der Waals surface area contributed by atoms with Crippen LogP contribution >= 0.6 is 0 Å². The maximum Gasteiger partial charge on any atom is 0.147 e. The minimum Gasteiger partial charge on any atom is -0.388 e. The number of fused-ring (bicyclic) bond motifs is 1. The van der Waals surface area contributed by atoms with Gasteiger partial charge in [0, 0.05) is 24.2 Å². The SMILES string of the molecule is C=C(CN)NCC.CC.Cc1cc(F)c2[nH]c(-c3ccc(F)cc3)c(C3CCC3)c2c1. The lowest BCUT2D eigenvalue weighted by Gasteiger charge is -2.26. The molecule has 0 spiro atoms. The summed E-state index contributed by atoms with van der Waals surface area (Å²) in [6.07, 6.45) is 3.49. The predicted molar refractivity (Wildman–Crippen MR) is 128 cm³/mol. The largest absolute Gasteiger partial charge is 0.388 e. The molecule has 0 atom stereocenters. The molecule has 1 aliphatic rings. The number of H-pyrrole nitrogens is 1. The number of hydrogen-bond donors (Lipinski definition) is 3. The smallest absolute Gasteiger partial charge is 0.147 e. The maximum absolute atomic E-state index is 14.3. The monoisotopic (exact) mass is 427 g/mol. The molecule has 3 aromatic rings. The molecule has 4 N–H and O–H groups in total. The predicted octanol–water partition coefficient (Wildman–Crippen LogP) is 6.78. The molecule has 4 rings (SSSR count). The highest BCUT2D eigenvalue weighted by atomic mass is 19.1. The third-order valence-electron chi connectivity index (χ3n) is 5.36. The molecule has 0 aliphatic heterocycles. The third-order valence-corrected chi connectivity index (χ3v) is 5.36. The zero-order valence-electron chi connectivity index (χ0n) is 19.1. The lowest BCUT2D eigenvalue weighted by molar-refractivity contribution is 0.423. The minimum absolute atomic E-state index is 0.219. The number of halogens is 2. The van der Waals surface area contributed by atoms with Gasteiger partial charge in [-0.05, 0) is 85.7 Å². The Kier molecular flexibility index (Phi) is 9.25. The normalized spacial score (nSPS) is 12.9. The first kappa shape index (κ1) is 24.6. The van der Waals surface area contributed by atoms with Gasteiger partial charge in [-0.2, -0.15) is 0 Å². The summed E-state index contributed by atoms with van der Waals surface area (Å²) in [5.41, 5.74) is 10.6. The Morgan fingerprint density at radius 2 is 1.81 bits per heavy atom. The summed E-state index contributed by atoms with van der Waals surface area (Å²) in [6, 6.07) is 10.0. The van der Waals surface area contributed by atoms with Gasteiger partial charge in [0.25, 0.3) is 0 Å². The summed E-state index contributed by atoms with van der Waals surface area (Å²) in [4.78, 5) is 3.25. The van der Waals surface area contributed by atoms with Crippen molar-refractivity contribution in [1.29, 1.82) is 0 Å². The highest BCUT2D eigenvalue weighted by Gasteiger charge is 2.27. The Morgan fingerprint density at radius 3 is 2.29 bits per heavy atom. The van der Waals surface area contributed by atoms with Crippen molar-refractivity contribution in [1.82, 2.24) is 10.3 Å². The number of nitrogens with one attached hydrogen (secondary N) is 2. The number of hydrogen-bond acceptors (Lipinski definition) is 2. The number of aromatic amines is 1. The number of aryl methyl sites for hydroxylation is 1. The van der Waals surface area contributed by atoms with Crippen molar-refractivity contribution in [2.75, 3.05) is 13.1 Å². The first-order valence-corrected chi connectivity index (χ1v) is 11.1. The van der Waals surface area contributed by atoms with E-state index in [0.29, 0.717) is 18.0 Å². The molecule has 0 radical (unpaired) electrons. The first-order valence-electron chi connectivity index (χ1n) is 11.1. The van der Waals surface area contributed by atoms with Crippen LogP contribution in [0.2, 0.25) is 0 Å². The Hall–Kier alpha value is -2.66. The molecule has 1 saturated carbocycles. The van der Waals surface area contributed by atoms with Crippen LogP contribution in [-0.4, -0.2) is 18.1 Å². The average Bonchev–Trinajstić information content (AvgIpc) is 3.09. The topological polar surface area (TPSA) is 53.8 Å². The Balaban J connectivity index is 0.000000327. The zero-order chi connectivity index (χ0) is 23.0. The molecule has 0 amide bonds. The summed E-state index contributed by atoms with van der Waals surface area (Å²) in [6.45, 7) is 13.0. The molecule has 1 aromatic heterocycles. The molecule has 0 unspecified atom stereocenters. The third kappa shape index (κ3) is 5.95.